The Balaban J connectivity index is 2.28. The van der Waals surface area contributed by atoms with E-state index in [0.29, 0.717) is 29.9 Å². The summed E-state index contributed by atoms with van der Waals surface area (Å²) in [5.74, 6) is 0. The molecule has 5 heteroatoms. The van der Waals surface area contributed by atoms with Crippen LogP contribution in [0.2, 0.25) is 5.02 Å². The first-order chi connectivity index (χ1) is 8.09. The molecular weight excluding hydrogens is 240 g/mol. The summed E-state index contributed by atoms with van der Waals surface area (Å²) in [7, 11) is 0. The number of nitrogens with one attached hydrogen (secondary N) is 2. The standard InChI is InChI=1S/C12H17ClN2O2/c1-9(2)14-7-8-17-12(16)15-11-6-4-3-5-10(11)13/h3-6,9,14H,7-8H2,1-2H3,(H,15,16). The van der Waals surface area contributed by atoms with Gasteiger partial charge in [-0.1, -0.05) is 37.6 Å². The molecule has 0 spiro atoms. The van der Waals surface area contributed by atoms with Gasteiger partial charge in [0.1, 0.15) is 6.61 Å². The summed E-state index contributed by atoms with van der Waals surface area (Å²) in [4.78, 5) is 11.4. The van der Waals surface area contributed by atoms with Crippen molar-refractivity contribution in [2.24, 2.45) is 0 Å². The van der Waals surface area contributed by atoms with Gasteiger partial charge in [-0.25, -0.2) is 4.79 Å². The van der Waals surface area contributed by atoms with Gasteiger partial charge in [0.2, 0.25) is 0 Å². The smallest absolute Gasteiger partial charge is 0.411 e. The number of benzene rings is 1. The molecule has 0 atom stereocenters. The average Bonchev–Trinajstić information content (AvgIpc) is 2.27. The van der Waals surface area contributed by atoms with Gasteiger partial charge in [0.25, 0.3) is 0 Å². The topological polar surface area (TPSA) is 50.4 Å². The van der Waals surface area contributed by atoms with E-state index in [4.69, 9.17) is 16.3 Å². The maximum atomic E-state index is 11.4. The third-order valence-corrected chi connectivity index (χ3v) is 2.33. The van der Waals surface area contributed by atoms with Crippen molar-refractivity contribution in [1.29, 1.82) is 0 Å². The van der Waals surface area contributed by atoms with Gasteiger partial charge in [-0.2, -0.15) is 0 Å². The molecule has 0 radical (unpaired) electrons. The molecule has 17 heavy (non-hydrogen) atoms. The molecule has 0 aromatic heterocycles. The highest BCUT2D eigenvalue weighted by Crippen LogP contribution is 2.20. The molecule has 4 nitrogen and oxygen atoms in total. The minimum absolute atomic E-state index is 0.328. The second kappa shape index (κ2) is 7.14. The summed E-state index contributed by atoms with van der Waals surface area (Å²) >= 11 is 5.89. The van der Waals surface area contributed by atoms with Crippen molar-refractivity contribution in [3.63, 3.8) is 0 Å². The minimum Gasteiger partial charge on any atom is -0.448 e. The zero-order valence-electron chi connectivity index (χ0n) is 10.00. The molecule has 0 aliphatic rings. The quantitative estimate of drug-likeness (QED) is 0.797. The Morgan fingerprint density at radius 2 is 2.12 bits per heavy atom. The zero-order valence-corrected chi connectivity index (χ0v) is 10.8. The molecule has 0 saturated heterocycles. The molecule has 0 aliphatic carbocycles. The van der Waals surface area contributed by atoms with Gasteiger partial charge in [-0.15, -0.1) is 0 Å². The first-order valence-electron chi connectivity index (χ1n) is 5.51. The number of carbonyl (C=O) groups is 1. The number of hydrogen-bond acceptors (Lipinski definition) is 3. The summed E-state index contributed by atoms with van der Waals surface area (Å²) in [6.07, 6.45) is -0.497. The highest BCUT2D eigenvalue weighted by molar-refractivity contribution is 6.33. The van der Waals surface area contributed by atoms with E-state index >= 15 is 0 Å². The van der Waals surface area contributed by atoms with E-state index in [-0.39, 0.29) is 0 Å². The first kappa shape index (κ1) is 13.8. The second-order valence-electron chi connectivity index (χ2n) is 3.85. The van der Waals surface area contributed by atoms with E-state index in [1.54, 1.807) is 24.3 Å². The molecule has 1 aromatic carbocycles. The number of carbonyl (C=O) groups excluding carboxylic acids is 1. The zero-order chi connectivity index (χ0) is 12.7. The molecule has 0 saturated carbocycles. The molecule has 0 heterocycles. The number of amides is 1. The van der Waals surface area contributed by atoms with E-state index in [9.17, 15) is 4.79 Å². The van der Waals surface area contributed by atoms with Crippen LogP contribution in [0.5, 0.6) is 0 Å². The summed E-state index contributed by atoms with van der Waals surface area (Å²) in [6.45, 7) is 5.02. The number of anilines is 1. The van der Waals surface area contributed by atoms with Crippen LogP contribution in [0.25, 0.3) is 0 Å². The van der Waals surface area contributed by atoms with Gasteiger partial charge in [-0.05, 0) is 12.1 Å². The largest absolute Gasteiger partial charge is 0.448 e. The summed E-state index contributed by atoms with van der Waals surface area (Å²) in [5, 5.41) is 6.21. The highest BCUT2D eigenvalue weighted by Gasteiger charge is 2.05. The Labute approximate surface area is 106 Å². The van der Waals surface area contributed by atoms with Crippen LogP contribution in [0.4, 0.5) is 10.5 Å². The van der Waals surface area contributed by atoms with Crippen molar-refractivity contribution in [3.05, 3.63) is 29.3 Å². The second-order valence-corrected chi connectivity index (χ2v) is 4.26. The van der Waals surface area contributed by atoms with Crippen LogP contribution in [0, 0.1) is 0 Å². The number of halogens is 1. The molecule has 1 rings (SSSR count). The van der Waals surface area contributed by atoms with Gasteiger partial charge in [-0.3, -0.25) is 5.32 Å². The van der Waals surface area contributed by atoms with Crippen LogP contribution >= 0.6 is 11.6 Å². The lowest BCUT2D eigenvalue weighted by Gasteiger charge is -2.10. The molecule has 1 aromatic rings. The molecule has 0 unspecified atom stereocenters. The fourth-order valence-electron chi connectivity index (χ4n) is 1.20. The number of ether oxygens (including phenoxy) is 1. The van der Waals surface area contributed by atoms with E-state index in [1.165, 1.54) is 0 Å². The van der Waals surface area contributed by atoms with Crippen LogP contribution in [0.3, 0.4) is 0 Å². The fourth-order valence-corrected chi connectivity index (χ4v) is 1.38. The Morgan fingerprint density at radius 3 is 2.76 bits per heavy atom. The van der Waals surface area contributed by atoms with Crippen molar-refractivity contribution >= 4 is 23.4 Å². The SMILES string of the molecule is CC(C)NCCOC(=O)Nc1ccccc1Cl. The summed E-state index contributed by atoms with van der Waals surface area (Å²) in [5.41, 5.74) is 0.552. The number of para-hydroxylation sites is 1. The molecule has 1 amide bonds. The van der Waals surface area contributed by atoms with Crippen molar-refractivity contribution in [2.45, 2.75) is 19.9 Å². The van der Waals surface area contributed by atoms with Crippen LogP contribution in [-0.2, 0) is 4.74 Å². The molecular formula is C12H17ClN2O2. The third-order valence-electron chi connectivity index (χ3n) is 2.00. The minimum atomic E-state index is -0.497. The van der Waals surface area contributed by atoms with Crippen LogP contribution in [-0.4, -0.2) is 25.3 Å². The van der Waals surface area contributed by atoms with Crippen molar-refractivity contribution in [3.8, 4) is 0 Å². The monoisotopic (exact) mass is 256 g/mol. The summed E-state index contributed by atoms with van der Waals surface area (Å²) in [6, 6.07) is 7.39. The molecule has 94 valence electrons. The van der Waals surface area contributed by atoms with Crippen LogP contribution in [0.1, 0.15) is 13.8 Å². The van der Waals surface area contributed by atoms with Gasteiger partial charge >= 0.3 is 6.09 Å². The maximum Gasteiger partial charge on any atom is 0.411 e. The Kier molecular flexibility index (Phi) is 5.80. The lowest BCUT2D eigenvalue weighted by atomic mass is 10.3. The van der Waals surface area contributed by atoms with Gasteiger partial charge in [0.15, 0.2) is 0 Å². The Bertz CT molecular complexity index is 369. The normalized spacial score (nSPS) is 10.4. The van der Waals surface area contributed by atoms with E-state index in [1.807, 2.05) is 13.8 Å². The molecule has 0 fully saturated rings. The van der Waals surface area contributed by atoms with Crippen molar-refractivity contribution in [1.82, 2.24) is 5.32 Å². The van der Waals surface area contributed by atoms with Gasteiger partial charge in [0.05, 0.1) is 10.7 Å². The van der Waals surface area contributed by atoms with Gasteiger partial charge in [0, 0.05) is 12.6 Å². The van der Waals surface area contributed by atoms with Crippen LogP contribution in [0.15, 0.2) is 24.3 Å². The lowest BCUT2D eigenvalue weighted by Crippen LogP contribution is -2.28. The maximum absolute atomic E-state index is 11.4. The predicted octanol–water partition coefficient (Wildman–Crippen LogP) is 2.89. The Hall–Kier alpha value is -1.26. The molecule has 2 N–H and O–H groups in total. The average molecular weight is 257 g/mol. The van der Waals surface area contributed by atoms with Gasteiger partial charge < -0.3 is 10.1 Å². The highest BCUT2D eigenvalue weighted by atomic mass is 35.5. The van der Waals surface area contributed by atoms with Crippen molar-refractivity contribution in [2.75, 3.05) is 18.5 Å². The third kappa shape index (κ3) is 5.56. The number of hydrogen-bond donors (Lipinski definition) is 2. The van der Waals surface area contributed by atoms with E-state index in [2.05, 4.69) is 10.6 Å². The van der Waals surface area contributed by atoms with Crippen molar-refractivity contribution < 1.29 is 9.53 Å². The number of rotatable bonds is 5. The fraction of sp³-hybridized carbons (Fsp3) is 0.417. The molecule has 0 aliphatic heterocycles. The van der Waals surface area contributed by atoms with E-state index in [0.717, 1.165) is 0 Å². The van der Waals surface area contributed by atoms with E-state index < -0.39 is 6.09 Å². The predicted molar refractivity (Wildman–Crippen MR) is 69.6 cm³/mol. The first-order valence-corrected chi connectivity index (χ1v) is 5.89. The Morgan fingerprint density at radius 1 is 1.41 bits per heavy atom. The lowest BCUT2D eigenvalue weighted by molar-refractivity contribution is 0.161. The molecule has 0 bridgehead atoms. The summed E-state index contributed by atoms with van der Waals surface area (Å²) < 4.78 is 4.98. The van der Waals surface area contributed by atoms with Crippen LogP contribution < -0.4 is 10.6 Å².